The van der Waals surface area contributed by atoms with Crippen molar-refractivity contribution in [1.82, 2.24) is 5.32 Å². The SMILES string of the molecule is COc1ccc([C@@H]2[C@H](C)N[C@@]3(C(=O)Nc4ccccc43)[C@@H]2[N+](=O)[O-])cc1Cl. The lowest BCUT2D eigenvalue weighted by Crippen LogP contribution is -2.54. The molecule has 0 radical (unpaired) electrons. The Labute approximate surface area is 160 Å². The van der Waals surface area contributed by atoms with E-state index in [0.717, 1.165) is 0 Å². The van der Waals surface area contributed by atoms with Crippen molar-refractivity contribution in [2.45, 2.75) is 30.5 Å². The molecule has 0 aromatic heterocycles. The van der Waals surface area contributed by atoms with Gasteiger partial charge >= 0.3 is 0 Å². The number of hydrogen-bond donors (Lipinski definition) is 2. The van der Waals surface area contributed by atoms with Gasteiger partial charge in [-0.25, -0.2) is 0 Å². The molecule has 2 N–H and O–H groups in total. The van der Waals surface area contributed by atoms with Gasteiger partial charge in [-0.2, -0.15) is 0 Å². The number of amides is 1. The first-order valence-electron chi connectivity index (χ1n) is 8.55. The minimum Gasteiger partial charge on any atom is -0.495 e. The van der Waals surface area contributed by atoms with Crippen LogP contribution in [-0.2, 0) is 10.3 Å². The highest BCUT2D eigenvalue weighted by atomic mass is 35.5. The zero-order valence-corrected chi connectivity index (χ0v) is 15.5. The van der Waals surface area contributed by atoms with Gasteiger partial charge < -0.3 is 10.1 Å². The number of hydrogen-bond acceptors (Lipinski definition) is 5. The van der Waals surface area contributed by atoms with Gasteiger partial charge in [-0.15, -0.1) is 0 Å². The third-order valence-corrected chi connectivity index (χ3v) is 5.82. The van der Waals surface area contributed by atoms with Crippen LogP contribution in [0, 0.1) is 10.1 Å². The molecule has 2 aliphatic heterocycles. The standard InChI is InChI=1S/C19H18ClN3O4/c1-10-16(11-7-8-15(27-2)13(20)9-11)17(23(25)26)19(22-10)12-5-3-4-6-14(12)21-18(19)24/h3-10,16-17,22H,1-2H3,(H,21,24)/t10-,16-,17+,19+/m0/s1. The molecular weight excluding hydrogens is 370 g/mol. The summed E-state index contributed by atoms with van der Waals surface area (Å²) in [5.41, 5.74) is 0.473. The van der Waals surface area contributed by atoms with E-state index in [4.69, 9.17) is 16.3 Å². The maximum absolute atomic E-state index is 12.9. The molecule has 4 atom stereocenters. The van der Waals surface area contributed by atoms with E-state index in [2.05, 4.69) is 10.6 Å². The highest BCUT2D eigenvalue weighted by Gasteiger charge is 2.67. The quantitative estimate of drug-likeness (QED) is 0.624. The van der Waals surface area contributed by atoms with E-state index in [1.165, 1.54) is 7.11 Å². The third kappa shape index (κ3) is 2.42. The van der Waals surface area contributed by atoms with Crippen LogP contribution in [0.4, 0.5) is 5.69 Å². The average molecular weight is 388 g/mol. The van der Waals surface area contributed by atoms with Crippen molar-refractivity contribution in [1.29, 1.82) is 0 Å². The Kier molecular flexibility index (Phi) is 4.09. The number of halogens is 1. The fraction of sp³-hybridized carbons (Fsp3) is 0.316. The Morgan fingerprint density at radius 1 is 1.26 bits per heavy atom. The lowest BCUT2D eigenvalue weighted by atomic mass is 9.78. The number of carbonyl (C=O) groups is 1. The second kappa shape index (κ2) is 6.21. The number of fused-ring (bicyclic) bond motifs is 2. The Balaban J connectivity index is 1.87. The fourth-order valence-corrected chi connectivity index (χ4v) is 4.71. The Hall–Kier alpha value is -2.64. The normalized spacial score (nSPS) is 28.9. The molecule has 27 heavy (non-hydrogen) atoms. The van der Waals surface area contributed by atoms with Gasteiger partial charge in [0.25, 0.3) is 11.9 Å². The Morgan fingerprint density at radius 3 is 2.67 bits per heavy atom. The van der Waals surface area contributed by atoms with Crippen molar-refractivity contribution < 1.29 is 14.5 Å². The van der Waals surface area contributed by atoms with Crippen LogP contribution in [0.3, 0.4) is 0 Å². The number of ether oxygens (including phenoxy) is 1. The van der Waals surface area contributed by atoms with Crippen LogP contribution in [0.5, 0.6) is 5.75 Å². The Morgan fingerprint density at radius 2 is 2.00 bits per heavy atom. The predicted octanol–water partition coefficient (Wildman–Crippen LogP) is 2.92. The molecule has 1 spiro atoms. The minimum absolute atomic E-state index is 0.318. The molecular formula is C19H18ClN3O4. The van der Waals surface area contributed by atoms with Crippen molar-refractivity contribution >= 4 is 23.2 Å². The monoisotopic (exact) mass is 387 g/mol. The highest BCUT2D eigenvalue weighted by Crippen LogP contribution is 2.50. The van der Waals surface area contributed by atoms with Crippen molar-refractivity contribution in [3.05, 3.63) is 68.7 Å². The van der Waals surface area contributed by atoms with Gasteiger partial charge in [0, 0.05) is 22.2 Å². The summed E-state index contributed by atoms with van der Waals surface area (Å²) in [5.74, 6) is -0.449. The van der Waals surface area contributed by atoms with E-state index in [9.17, 15) is 14.9 Å². The number of nitrogens with zero attached hydrogens (tertiary/aromatic N) is 1. The molecule has 0 aliphatic carbocycles. The number of anilines is 1. The van der Waals surface area contributed by atoms with Gasteiger partial charge in [-0.1, -0.05) is 35.9 Å². The topological polar surface area (TPSA) is 93.5 Å². The van der Waals surface area contributed by atoms with Gasteiger partial charge in [0.15, 0.2) is 5.54 Å². The second-order valence-electron chi connectivity index (χ2n) is 6.89. The van der Waals surface area contributed by atoms with E-state index in [1.807, 2.05) is 6.92 Å². The van der Waals surface area contributed by atoms with Crippen LogP contribution in [0.2, 0.25) is 5.02 Å². The molecule has 2 heterocycles. The van der Waals surface area contributed by atoms with Crippen LogP contribution in [0.25, 0.3) is 0 Å². The number of carbonyl (C=O) groups excluding carboxylic acids is 1. The molecule has 2 aromatic rings. The number of para-hydroxylation sites is 1. The summed E-state index contributed by atoms with van der Waals surface area (Å²) in [6.45, 7) is 1.85. The molecule has 1 saturated heterocycles. The van der Waals surface area contributed by atoms with E-state index in [0.29, 0.717) is 27.6 Å². The summed E-state index contributed by atoms with van der Waals surface area (Å²) in [7, 11) is 1.51. The van der Waals surface area contributed by atoms with Crippen LogP contribution in [0.1, 0.15) is 24.0 Å². The minimum atomic E-state index is -1.42. The van der Waals surface area contributed by atoms with Crippen molar-refractivity contribution in [3.63, 3.8) is 0 Å². The fourth-order valence-electron chi connectivity index (χ4n) is 4.44. The van der Waals surface area contributed by atoms with Gasteiger partial charge in [0.1, 0.15) is 5.75 Å². The number of rotatable bonds is 3. The summed E-state index contributed by atoms with van der Waals surface area (Å²) in [5, 5.41) is 18.6. The first-order chi connectivity index (χ1) is 12.9. The summed E-state index contributed by atoms with van der Waals surface area (Å²) in [4.78, 5) is 24.8. The van der Waals surface area contributed by atoms with Crippen LogP contribution < -0.4 is 15.4 Å². The zero-order chi connectivity index (χ0) is 19.3. The van der Waals surface area contributed by atoms with Crippen LogP contribution in [0.15, 0.2) is 42.5 Å². The molecule has 4 rings (SSSR count). The molecule has 1 amide bonds. The van der Waals surface area contributed by atoms with Gasteiger partial charge in [0.05, 0.1) is 18.1 Å². The summed E-state index contributed by atoms with van der Waals surface area (Å²) < 4.78 is 5.18. The van der Waals surface area contributed by atoms with Crippen molar-refractivity contribution in [2.75, 3.05) is 12.4 Å². The smallest absolute Gasteiger partial charge is 0.256 e. The number of benzene rings is 2. The van der Waals surface area contributed by atoms with Crippen LogP contribution >= 0.6 is 11.6 Å². The molecule has 2 aromatic carbocycles. The lowest BCUT2D eigenvalue weighted by molar-refractivity contribution is -0.532. The van der Waals surface area contributed by atoms with Gasteiger partial charge in [-0.05, 0) is 30.7 Å². The maximum atomic E-state index is 12.9. The van der Waals surface area contributed by atoms with Crippen molar-refractivity contribution in [3.8, 4) is 5.75 Å². The second-order valence-corrected chi connectivity index (χ2v) is 7.30. The van der Waals surface area contributed by atoms with E-state index in [1.54, 1.807) is 42.5 Å². The average Bonchev–Trinajstić information content (AvgIpc) is 3.10. The molecule has 8 heteroatoms. The summed E-state index contributed by atoms with van der Waals surface area (Å²) in [6.07, 6.45) is 0. The Bertz CT molecular complexity index is 950. The van der Waals surface area contributed by atoms with E-state index in [-0.39, 0.29) is 11.0 Å². The van der Waals surface area contributed by atoms with E-state index >= 15 is 0 Å². The molecule has 7 nitrogen and oxygen atoms in total. The molecule has 0 bridgehead atoms. The highest BCUT2D eigenvalue weighted by molar-refractivity contribution is 6.32. The predicted molar refractivity (Wildman–Crippen MR) is 101 cm³/mol. The maximum Gasteiger partial charge on any atom is 0.256 e. The third-order valence-electron chi connectivity index (χ3n) is 5.52. The van der Waals surface area contributed by atoms with E-state index < -0.39 is 23.4 Å². The first-order valence-corrected chi connectivity index (χ1v) is 8.93. The molecule has 1 fully saturated rings. The lowest BCUT2D eigenvalue weighted by Gasteiger charge is -2.25. The molecule has 0 saturated carbocycles. The number of nitrogens with one attached hydrogen (secondary N) is 2. The summed E-state index contributed by atoms with van der Waals surface area (Å²) in [6, 6.07) is 10.7. The molecule has 0 unspecified atom stereocenters. The zero-order valence-electron chi connectivity index (χ0n) is 14.7. The van der Waals surface area contributed by atoms with Crippen molar-refractivity contribution in [2.24, 2.45) is 0 Å². The van der Waals surface area contributed by atoms with Gasteiger partial charge in [0.2, 0.25) is 0 Å². The summed E-state index contributed by atoms with van der Waals surface area (Å²) >= 11 is 6.25. The van der Waals surface area contributed by atoms with Crippen LogP contribution in [-0.4, -0.2) is 30.0 Å². The molecule has 2 aliphatic rings. The largest absolute Gasteiger partial charge is 0.495 e. The number of methoxy groups -OCH3 is 1. The van der Waals surface area contributed by atoms with Gasteiger partial charge in [-0.3, -0.25) is 20.2 Å². The number of nitro groups is 1. The first kappa shape index (κ1) is 17.8. The molecule has 140 valence electrons.